The fraction of sp³-hybridized carbons (Fsp3) is 0.500. The number of hydrogen-bond acceptors (Lipinski definition) is 4. The largest absolute Gasteiger partial charge is 0.392 e. The molecule has 20 heavy (non-hydrogen) atoms. The Morgan fingerprint density at radius 2 is 2.20 bits per heavy atom. The number of rotatable bonds is 3. The van der Waals surface area contributed by atoms with Gasteiger partial charge in [0.05, 0.1) is 28.6 Å². The van der Waals surface area contributed by atoms with Crippen LogP contribution in [0.1, 0.15) is 12.2 Å². The van der Waals surface area contributed by atoms with E-state index in [1.807, 2.05) is 35.9 Å². The molecular formula is C14H18N2O3S. The van der Waals surface area contributed by atoms with Crippen LogP contribution in [-0.2, 0) is 23.3 Å². The van der Waals surface area contributed by atoms with Crippen LogP contribution in [0, 0.1) is 5.92 Å². The Balaban J connectivity index is 1.81. The van der Waals surface area contributed by atoms with Gasteiger partial charge in [-0.05, 0) is 18.6 Å². The zero-order valence-electron chi connectivity index (χ0n) is 11.4. The first kappa shape index (κ1) is 13.6. The molecule has 0 bridgehead atoms. The van der Waals surface area contributed by atoms with Crippen LogP contribution < -0.4 is 0 Å². The van der Waals surface area contributed by atoms with Crippen molar-refractivity contribution in [2.75, 3.05) is 11.5 Å². The summed E-state index contributed by atoms with van der Waals surface area (Å²) < 4.78 is 24.9. The summed E-state index contributed by atoms with van der Waals surface area (Å²) in [7, 11) is -1.04. The lowest BCUT2D eigenvalue weighted by Crippen LogP contribution is -2.25. The molecule has 1 aromatic carbocycles. The number of imidazole rings is 1. The quantitative estimate of drug-likeness (QED) is 0.913. The Kier molecular flexibility index (Phi) is 3.30. The predicted octanol–water partition coefficient (Wildman–Crippen LogP) is 0.911. The Bertz CT molecular complexity index is 736. The number of aliphatic hydroxyl groups excluding tert-OH is 1. The maximum Gasteiger partial charge on any atom is 0.150 e. The van der Waals surface area contributed by atoms with E-state index in [9.17, 15) is 13.5 Å². The van der Waals surface area contributed by atoms with E-state index in [0.717, 1.165) is 16.9 Å². The van der Waals surface area contributed by atoms with Crippen molar-refractivity contribution < 1.29 is 13.5 Å². The van der Waals surface area contributed by atoms with Gasteiger partial charge in [0.15, 0.2) is 9.84 Å². The number of benzene rings is 1. The first-order valence-electron chi connectivity index (χ1n) is 6.75. The monoisotopic (exact) mass is 294 g/mol. The van der Waals surface area contributed by atoms with Crippen molar-refractivity contribution >= 4 is 20.9 Å². The highest BCUT2D eigenvalue weighted by molar-refractivity contribution is 7.91. The van der Waals surface area contributed by atoms with Crippen LogP contribution >= 0.6 is 0 Å². The third-order valence-corrected chi connectivity index (χ3v) is 5.88. The number of aliphatic hydroxyl groups is 1. The van der Waals surface area contributed by atoms with Gasteiger partial charge in [-0.1, -0.05) is 12.1 Å². The van der Waals surface area contributed by atoms with Gasteiger partial charge in [-0.2, -0.15) is 0 Å². The minimum Gasteiger partial charge on any atom is -0.392 e. The molecule has 1 aliphatic rings. The van der Waals surface area contributed by atoms with E-state index in [2.05, 4.69) is 4.98 Å². The molecule has 1 aliphatic heterocycles. The summed E-state index contributed by atoms with van der Waals surface area (Å²) in [4.78, 5) is 4.51. The van der Waals surface area contributed by atoms with Gasteiger partial charge >= 0.3 is 0 Å². The van der Waals surface area contributed by atoms with Gasteiger partial charge in [0.25, 0.3) is 0 Å². The Hall–Kier alpha value is -1.40. The summed E-state index contributed by atoms with van der Waals surface area (Å²) in [6, 6.07) is 7.80. The van der Waals surface area contributed by atoms with Gasteiger partial charge in [0, 0.05) is 19.4 Å². The highest BCUT2D eigenvalue weighted by Crippen LogP contribution is 2.24. The normalized spacial score (nSPS) is 23.2. The van der Waals surface area contributed by atoms with Gasteiger partial charge in [-0.3, -0.25) is 0 Å². The Morgan fingerprint density at radius 3 is 2.85 bits per heavy atom. The smallest absolute Gasteiger partial charge is 0.150 e. The molecule has 1 saturated heterocycles. The highest BCUT2D eigenvalue weighted by atomic mass is 32.2. The standard InChI is InChI=1S/C14H18N2O3S/c1-16-12-5-3-2-4-11(12)15-14(16)8-13(17)10-6-7-20(18,19)9-10/h2-5,10,13,17H,6-9H2,1H3. The SMILES string of the molecule is Cn1c(CC(O)C2CCS(=O)(=O)C2)nc2ccccc21. The molecule has 0 radical (unpaired) electrons. The first-order chi connectivity index (χ1) is 9.46. The van der Waals surface area contributed by atoms with Crippen LogP contribution in [0.4, 0.5) is 0 Å². The molecule has 0 saturated carbocycles. The zero-order valence-corrected chi connectivity index (χ0v) is 12.2. The van der Waals surface area contributed by atoms with Crippen LogP contribution in [-0.4, -0.2) is 40.7 Å². The van der Waals surface area contributed by atoms with Crippen molar-refractivity contribution in [2.24, 2.45) is 13.0 Å². The molecule has 2 aromatic rings. The third kappa shape index (κ3) is 2.45. The number of nitrogens with zero attached hydrogens (tertiary/aromatic N) is 2. The van der Waals surface area contributed by atoms with E-state index >= 15 is 0 Å². The molecule has 2 atom stereocenters. The first-order valence-corrected chi connectivity index (χ1v) is 8.57. The molecule has 0 aliphatic carbocycles. The summed E-state index contributed by atoms with van der Waals surface area (Å²) >= 11 is 0. The summed E-state index contributed by atoms with van der Waals surface area (Å²) in [6.07, 6.45) is 0.293. The number of aromatic nitrogens is 2. The van der Waals surface area contributed by atoms with Crippen LogP contribution in [0.5, 0.6) is 0 Å². The Labute approximate surface area is 118 Å². The minimum absolute atomic E-state index is 0.0953. The second-order valence-corrected chi connectivity index (χ2v) is 7.74. The molecule has 0 spiro atoms. The van der Waals surface area contributed by atoms with Crippen molar-refractivity contribution in [1.82, 2.24) is 9.55 Å². The Morgan fingerprint density at radius 1 is 1.45 bits per heavy atom. The topological polar surface area (TPSA) is 72.2 Å². The molecule has 2 heterocycles. The molecule has 1 fully saturated rings. The fourth-order valence-electron chi connectivity index (χ4n) is 2.86. The second kappa shape index (κ2) is 4.86. The molecule has 6 heteroatoms. The van der Waals surface area contributed by atoms with Gasteiger partial charge < -0.3 is 9.67 Å². The number of aryl methyl sites for hydroxylation is 1. The van der Waals surface area contributed by atoms with E-state index in [-0.39, 0.29) is 17.4 Å². The van der Waals surface area contributed by atoms with E-state index < -0.39 is 15.9 Å². The van der Waals surface area contributed by atoms with E-state index in [1.54, 1.807) is 0 Å². The van der Waals surface area contributed by atoms with Crippen LogP contribution in [0.3, 0.4) is 0 Å². The molecule has 5 nitrogen and oxygen atoms in total. The maximum absolute atomic E-state index is 11.5. The van der Waals surface area contributed by atoms with Gasteiger partial charge in [-0.15, -0.1) is 0 Å². The van der Waals surface area contributed by atoms with Crippen LogP contribution in [0.15, 0.2) is 24.3 Å². The maximum atomic E-state index is 11.5. The summed E-state index contributed by atoms with van der Waals surface area (Å²) in [5.74, 6) is 0.915. The second-order valence-electron chi connectivity index (χ2n) is 5.51. The lowest BCUT2D eigenvalue weighted by molar-refractivity contribution is 0.117. The third-order valence-electron chi connectivity index (χ3n) is 4.08. The lowest BCUT2D eigenvalue weighted by Gasteiger charge is -2.16. The van der Waals surface area contributed by atoms with Crippen LogP contribution in [0.2, 0.25) is 0 Å². The van der Waals surface area contributed by atoms with Crippen molar-refractivity contribution in [3.8, 4) is 0 Å². The van der Waals surface area contributed by atoms with Gasteiger partial charge in [0.2, 0.25) is 0 Å². The number of fused-ring (bicyclic) bond motifs is 1. The van der Waals surface area contributed by atoms with E-state index in [0.29, 0.717) is 12.8 Å². The lowest BCUT2D eigenvalue weighted by atomic mass is 9.99. The van der Waals surface area contributed by atoms with E-state index in [1.165, 1.54) is 0 Å². The van der Waals surface area contributed by atoms with Crippen molar-refractivity contribution in [1.29, 1.82) is 0 Å². The minimum atomic E-state index is -2.95. The highest BCUT2D eigenvalue weighted by Gasteiger charge is 2.33. The van der Waals surface area contributed by atoms with Crippen LogP contribution in [0.25, 0.3) is 11.0 Å². The summed E-state index contributed by atoms with van der Waals surface area (Å²) in [5, 5.41) is 10.3. The number of hydrogen-bond donors (Lipinski definition) is 1. The van der Waals surface area contributed by atoms with Crippen molar-refractivity contribution in [2.45, 2.75) is 18.9 Å². The zero-order chi connectivity index (χ0) is 14.3. The predicted molar refractivity (Wildman–Crippen MR) is 77.2 cm³/mol. The van der Waals surface area contributed by atoms with E-state index in [4.69, 9.17) is 0 Å². The molecule has 108 valence electrons. The van der Waals surface area contributed by atoms with Crippen molar-refractivity contribution in [3.05, 3.63) is 30.1 Å². The summed E-state index contributed by atoms with van der Waals surface area (Å²) in [5.41, 5.74) is 1.92. The average Bonchev–Trinajstić information content (AvgIpc) is 2.92. The summed E-state index contributed by atoms with van der Waals surface area (Å²) in [6.45, 7) is 0. The molecule has 2 unspecified atom stereocenters. The number of para-hydroxylation sites is 2. The van der Waals surface area contributed by atoms with Crippen molar-refractivity contribution in [3.63, 3.8) is 0 Å². The fourth-order valence-corrected chi connectivity index (χ4v) is 4.73. The van der Waals surface area contributed by atoms with Gasteiger partial charge in [0.1, 0.15) is 5.82 Å². The molecule has 3 rings (SSSR count). The molecule has 0 amide bonds. The number of sulfone groups is 1. The molecule has 1 aromatic heterocycles. The van der Waals surface area contributed by atoms with Gasteiger partial charge in [-0.25, -0.2) is 13.4 Å². The average molecular weight is 294 g/mol. The molecule has 1 N–H and O–H groups in total. The molecular weight excluding hydrogens is 276 g/mol.